The van der Waals surface area contributed by atoms with Gasteiger partial charge in [-0.2, -0.15) is 0 Å². The molecule has 0 spiro atoms. The van der Waals surface area contributed by atoms with Gasteiger partial charge in [0, 0.05) is 31.8 Å². The first kappa shape index (κ1) is 13.0. The van der Waals surface area contributed by atoms with Crippen LogP contribution in [0.1, 0.15) is 25.3 Å². The van der Waals surface area contributed by atoms with E-state index in [1.807, 2.05) is 0 Å². The van der Waals surface area contributed by atoms with Gasteiger partial charge in [0.1, 0.15) is 0 Å². The quantitative estimate of drug-likeness (QED) is 0.643. The molecule has 1 aromatic rings. The van der Waals surface area contributed by atoms with Crippen LogP contribution in [0.15, 0.2) is 24.3 Å². The van der Waals surface area contributed by atoms with Gasteiger partial charge in [-0.05, 0) is 25.3 Å². The summed E-state index contributed by atoms with van der Waals surface area (Å²) in [5.41, 5.74) is 1.12. The van der Waals surface area contributed by atoms with Crippen LogP contribution >= 0.6 is 0 Å². The summed E-state index contributed by atoms with van der Waals surface area (Å²) in [4.78, 5) is 10.1. The highest BCUT2D eigenvalue weighted by molar-refractivity contribution is 5.32. The summed E-state index contributed by atoms with van der Waals surface area (Å²) >= 11 is 0. The molecule has 98 valence electrons. The molecule has 5 nitrogen and oxygen atoms in total. The molecule has 0 aliphatic carbocycles. The molecule has 1 aliphatic heterocycles. The molecule has 18 heavy (non-hydrogen) atoms. The van der Waals surface area contributed by atoms with Crippen LogP contribution in [0.3, 0.4) is 0 Å². The minimum absolute atomic E-state index is 0.0548. The largest absolute Gasteiger partial charge is 0.374 e. The van der Waals surface area contributed by atoms with E-state index >= 15 is 0 Å². The van der Waals surface area contributed by atoms with Crippen molar-refractivity contribution in [2.24, 2.45) is 0 Å². The maximum atomic E-state index is 10.5. The molecule has 1 N–H and O–H groups in total. The molecule has 0 aromatic heterocycles. The molecular weight excluding hydrogens is 232 g/mol. The lowest BCUT2D eigenvalue weighted by Gasteiger charge is -2.23. The fraction of sp³-hybridized carbons (Fsp3) is 0.538. The van der Waals surface area contributed by atoms with E-state index in [9.17, 15) is 10.1 Å². The third kappa shape index (κ3) is 3.27. The van der Waals surface area contributed by atoms with Crippen LogP contribution in [0.2, 0.25) is 0 Å². The molecule has 1 heterocycles. The second-order valence-electron chi connectivity index (χ2n) is 4.93. The first-order chi connectivity index (χ1) is 8.59. The fourth-order valence-corrected chi connectivity index (χ4v) is 2.18. The smallest absolute Gasteiger partial charge is 0.269 e. The van der Waals surface area contributed by atoms with Gasteiger partial charge in [0.15, 0.2) is 0 Å². The van der Waals surface area contributed by atoms with Crippen molar-refractivity contribution in [2.75, 3.05) is 13.2 Å². The van der Waals surface area contributed by atoms with Crippen molar-refractivity contribution in [3.8, 4) is 0 Å². The number of benzene rings is 1. The minimum Gasteiger partial charge on any atom is -0.374 e. The molecule has 0 amide bonds. The number of rotatable bonds is 5. The van der Waals surface area contributed by atoms with E-state index in [1.54, 1.807) is 12.1 Å². The molecule has 0 saturated carbocycles. The summed E-state index contributed by atoms with van der Waals surface area (Å²) in [6.45, 7) is 4.47. The SMILES string of the molecule is CC1(CNCc2ccc([N+](=O)[O-])cc2)CCCO1. The predicted molar refractivity (Wildman–Crippen MR) is 68.4 cm³/mol. The van der Waals surface area contributed by atoms with Crippen molar-refractivity contribution < 1.29 is 9.66 Å². The van der Waals surface area contributed by atoms with Crippen LogP contribution < -0.4 is 5.32 Å². The van der Waals surface area contributed by atoms with E-state index in [4.69, 9.17) is 4.74 Å². The van der Waals surface area contributed by atoms with E-state index in [0.717, 1.165) is 31.6 Å². The first-order valence-electron chi connectivity index (χ1n) is 6.17. The van der Waals surface area contributed by atoms with Crippen molar-refractivity contribution in [3.05, 3.63) is 39.9 Å². The highest BCUT2D eigenvalue weighted by Gasteiger charge is 2.28. The molecule has 1 atom stereocenters. The summed E-state index contributed by atoms with van der Waals surface area (Å²) in [5.74, 6) is 0. The Morgan fingerprint density at radius 1 is 1.44 bits per heavy atom. The number of nitrogens with zero attached hydrogens (tertiary/aromatic N) is 1. The maximum Gasteiger partial charge on any atom is 0.269 e. The van der Waals surface area contributed by atoms with Crippen LogP contribution in [0, 0.1) is 10.1 Å². The molecule has 1 fully saturated rings. The number of hydrogen-bond donors (Lipinski definition) is 1. The molecule has 0 radical (unpaired) electrons. The molecule has 5 heteroatoms. The number of non-ortho nitro benzene ring substituents is 1. The third-order valence-electron chi connectivity index (χ3n) is 3.28. The fourth-order valence-electron chi connectivity index (χ4n) is 2.18. The van der Waals surface area contributed by atoms with Gasteiger partial charge in [-0.15, -0.1) is 0 Å². The zero-order chi connectivity index (χ0) is 13.0. The van der Waals surface area contributed by atoms with Gasteiger partial charge in [-0.1, -0.05) is 12.1 Å². The molecule has 1 aliphatic rings. The van der Waals surface area contributed by atoms with Crippen molar-refractivity contribution >= 4 is 5.69 Å². The van der Waals surface area contributed by atoms with Crippen LogP contribution in [0.25, 0.3) is 0 Å². The van der Waals surface area contributed by atoms with Crippen molar-refractivity contribution in [1.82, 2.24) is 5.32 Å². The second-order valence-corrected chi connectivity index (χ2v) is 4.93. The zero-order valence-electron chi connectivity index (χ0n) is 10.5. The van der Waals surface area contributed by atoms with Crippen LogP contribution in [0.4, 0.5) is 5.69 Å². The first-order valence-corrected chi connectivity index (χ1v) is 6.17. The Morgan fingerprint density at radius 2 is 2.17 bits per heavy atom. The topological polar surface area (TPSA) is 64.4 Å². The Hall–Kier alpha value is -1.46. The molecule has 1 unspecified atom stereocenters. The molecular formula is C13H18N2O3. The number of nitro groups is 1. The lowest BCUT2D eigenvalue weighted by atomic mass is 10.0. The zero-order valence-corrected chi connectivity index (χ0v) is 10.5. The maximum absolute atomic E-state index is 10.5. The Labute approximate surface area is 106 Å². The van der Waals surface area contributed by atoms with Gasteiger partial charge >= 0.3 is 0 Å². The standard InChI is InChI=1S/C13H18N2O3/c1-13(7-2-8-18-13)10-14-9-11-3-5-12(6-4-11)15(16)17/h3-6,14H,2,7-10H2,1H3. The second kappa shape index (κ2) is 5.46. The van der Waals surface area contributed by atoms with Gasteiger partial charge in [-0.25, -0.2) is 0 Å². The van der Waals surface area contributed by atoms with Gasteiger partial charge in [-0.3, -0.25) is 10.1 Å². The summed E-state index contributed by atoms with van der Waals surface area (Å²) in [6, 6.07) is 6.63. The van der Waals surface area contributed by atoms with E-state index < -0.39 is 0 Å². The average molecular weight is 250 g/mol. The minimum atomic E-state index is -0.384. The lowest BCUT2D eigenvalue weighted by Crippen LogP contribution is -2.36. The Kier molecular flexibility index (Phi) is 3.93. The summed E-state index contributed by atoms with van der Waals surface area (Å²) in [7, 11) is 0. The van der Waals surface area contributed by atoms with Gasteiger partial charge in [0.25, 0.3) is 5.69 Å². The summed E-state index contributed by atoms with van der Waals surface area (Å²) in [6.07, 6.45) is 2.20. The summed E-state index contributed by atoms with van der Waals surface area (Å²) < 4.78 is 5.68. The molecule has 1 saturated heterocycles. The van der Waals surface area contributed by atoms with Gasteiger partial charge in [0.2, 0.25) is 0 Å². The highest BCUT2D eigenvalue weighted by Crippen LogP contribution is 2.24. The summed E-state index contributed by atoms with van der Waals surface area (Å²) in [5, 5.41) is 13.9. The number of nitro benzene ring substituents is 1. The van der Waals surface area contributed by atoms with E-state index in [2.05, 4.69) is 12.2 Å². The predicted octanol–water partition coefficient (Wildman–Crippen LogP) is 2.25. The van der Waals surface area contributed by atoms with E-state index in [-0.39, 0.29) is 16.2 Å². The van der Waals surface area contributed by atoms with Crippen LogP contribution in [-0.2, 0) is 11.3 Å². The number of hydrogen-bond acceptors (Lipinski definition) is 4. The highest BCUT2D eigenvalue weighted by atomic mass is 16.6. The third-order valence-corrected chi connectivity index (χ3v) is 3.28. The van der Waals surface area contributed by atoms with Crippen molar-refractivity contribution in [2.45, 2.75) is 31.9 Å². The Balaban J connectivity index is 1.81. The molecule has 0 bridgehead atoms. The van der Waals surface area contributed by atoms with Crippen LogP contribution in [-0.4, -0.2) is 23.7 Å². The van der Waals surface area contributed by atoms with E-state index in [0.29, 0.717) is 6.54 Å². The van der Waals surface area contributed by atoms with Crippen LogP contribution in [0.5, 0.6) is 0 Å². The number of nitrogens with one attached hydrogen (secondary N) is 1. The monoisotopic (exact) mass is 250 g/mol. The Morgan fingerprint density at radius 3 is 2.72 bits per heavy atom. The Bertz CT molecular complexity index is 411. The van der Waals surface area contributed by atoms with Crippen molar-refractivity contribution in [1.29, 1.82) is 0 Å². The van der Waals surface area contributed by atoms with E-state index in [1.165, 1.54) is 12.1 Å². The lowest BCUT2D eigenvalue weighted by molar-refractivity contribution is -0.384. The van der Waals surface area contributed by atoms with Gasteiger partial charge < -0.3 is 10.1 Å². The van der Waals surface area contributed by atoms with Gasteiger partial charge in [0.05, 0.1) is 10.5 Å². The normalized spacial score (nSPS) is 23.2. The molecule has 1 aromatic carbocycles. The van der Waals surface area contributed by atoms with Crippen molar-refractivity contribution in [3.63, 3.8) is 0 Å². The molecule has 2 rings (SSSR count). The average Bonchev–Trinajstić information content (AvgIpc) is 2.77. The number of ether oxygens (including phenoxy) is 1.